The quantitative estimate of drug-likeness (QED) is 0.0146. The summed E-state index contributed by atoms with van der Waals surface area (Å²) in [6.45, 7) is 2.34. The molecule has 0 aromatic carbocycles. The smallest absolute Gasteiger partial charge is 0.463 e. The molecule has 0 aliphatic heterocycles. The van der Waals surface area contributed by atoms with Crippen LogP contribution in [0.25, 0.3) is 0 Å². The van der Waals surface area contributed by atoms with E-state index in [-0.39, 0.29) is 19.3 Å². The highest BCUT2D eigenvalue weighted by Gasteiger charge is 2.29. The fraction of sp³-hybridized carbons (Fsp3) is 0.639. The van der Waals surface area contributed by atoms with Gasteiger partial charge in [0.05, 0.1) is 26.4 Å². The molecule has 115 heavy (non-hydrogen) atoms. The van der Waals surface area contributed by atoms with Crippen molar-refractivity contribution in [2.75, 3.05) is 39.6 Å². The second kappa shape index (κ2) is 87.7. The molecule has 4 N–H and O–H groups in total. The van der Waals surface area contributed by atoms with Gasteiger partial charge in [-0.1, -0.05) is 356 Å². The predicted octanol–water partition coefficient (Wildman–Crippen LogP) is 27.4. The Balaban J connectivity index is 4.67. The van der Waals surface area contributed by atoms with Crippen LogP contribution in [0.1, 0.15) is 342 Å². The summed E-state index contributed by atoms with van der Waals surface area (Å²) in [5, 5.41) is 20.7. The molecule has 0 radical (unpaired) electrons. The van der Waals surface area contributed by atoms with E-state index >= 15 is 0 Å². The lowest BCUT2D eigenvalue weighted by Gasteiger charge is -2.21. The Morgan fingerprint density at radius 2 is 0.435 bits per heavy atom. The third-order valence-corrected chi connectivity index (χ3v) is 20.2. The number of rotatable bonds is 83. The summed E-state index contributed by atoms with van der Waals surface area (Å²) < 4.78 is 61.5. The average molecular weight is 1640 g/mol. The first kappa shape index (κ1) is 109. The molecule has 0 aromatic rings. The summed E-state index contributed by atoms with van der Waals surface area (Å²) in [5.41, 5.74) is 0. The summed E-state index contributed by atoms with van der Waals surface area (Å²) in [4.78, 5) is 59.0. The standard InChI is InChI=1S/C97H160O16P2/c1-4-7-10-13-16-19-22-25-28-31-34-37-40-42-44-45-47-49-51-53-56-59-62-65-68-71-74-77-80-83-95(100)107-86-92(98)87-109-114(103,104)110-88-93(99)89-111-115(105,106)112-91-94(113-97(102)85-82-79-76-73-70-67-64-61-58-55-50-39-36-33-30-27-24-21-18-15-12-9-6-3)90-108-96(101)84-81-78-75-72-69-66-63-60-57-54-52-48-46-43-41-38-35-32-29-26-23-20-17-14-11-8-5-2/h7-12,16-21,25-30,34-39,42-44,46-47,49,55,58,92-94,98-99H,4-6,13-15,22-24,31-33,40-41,45,48,50-54,56-57,59-91H2,1-3H3,(H,103,104)(H,105,106)/b10-7-,11-8-,12-9-,19-16-,20-17-,21-18-,28-25-,29-26-,30-27-,37-34-,38-35-,39-36-,44-42-,46-43-,49-47-,58-55-. The van der Waals surface area contributed by atoms with Gasteiger partial charge in [-0.2, -0.15) is 0 Å². The van der Waals surface area contributed by atoms with Crippen LogP contribution in [0.4, 0.5) is 0 Å². The molecule has 0 rings (SSSR count). The Labute approximate surface area is 699 Å². The number of hydrogen-bond acceptors (Lipinski definition) is 14. The second-order valence-corrected chi connectivity index (χ2v) is 32.2. The molecule has 654 valence electrons. The number of aliphatic hydroxyl groups excluding tert-OH is 2. The normalized spacial score (nSPS) is 14.7. The van der Waals surface area contributed by atoms with Gasteiger partial charge in [0.1, 0.15) is 25.4 Å². The molecule has 0 heterocycles. The molecule has 5 unspecified atom stereocenters. The van der Waals surface area contributed by atoms with Crippen molar-refractivity contribution in [1.29, 1.82) is 0 Å². The van der Waals surface area contributed by atoms with Gasteiger partial charge in [-0.05, 0) is 161 Å². The van der Waals surface area contributed by atoms with E-state index in [0.29, 0.717) is 19.3 Å². The summed E-state index contributed by atoms with van der Waals surface area (Å²) in [7, 11) is -9.82. The third kappa shape index (κ3) is 89.0. The first-order valence-corrected chi connectivity index (χ1v) is 47.7. The molecule has 0 saturated heterocycles. The molecule has 0 aliphatic carbocycles. The third-order valence-electron chi connectivity index (χ3n) is 18.3. The first-order valence-electron chi connectivity index (χ1n) is 44.7. The number of hydrogen-bond donors (Lipinski definition) is 4. The van der Waals surface area contributed by atoms with Crippen LogP contribution in [0.5, 0.6) is 0 Å². The van der Waals surface area contributed by atoms with Crippen molar-refractivity contribution in [3.63, 3.8) is 0 Å². The second-order valence-electron chi connectivity index (χ2n) is 29.3. The number of unbranched alkanes of at least 4 members (excludes halogenated alkanes) is 28. The van der Waals surface area contributed by atoms with Crippen LogP contribution >= 0.6 is 15.6 Å². The summed E-state index contributed by atoms with van der Waals surface area (Å²) in [5.74, 6) is -1.60. The molecular formula is C97H160O16P2. The summed E-state index contributed by atoms with van der Waals surface area (Å²) >= 11 is 0. The van der Waals surface area contributed by atoms with Gasteiger partial charge >= 0.3 is 33.6 Å². The number of aliphatic hydroxyl groups is 2. The number of allylic oxidation sites excluding steroid dienone is 32. The van der Waals surface area contributed by atoms with Crippen molar-refractivity contribution in [1.82, 2.24) is 0 Å². The van der Waals surface area contributed by atoms with Crippen molar-refractivity contribution in [2.24, 2.45) is 0 Å². The summed E-state index contributed by atoms with van der Waals surface area (Å²) in [6.07, 6.45) is 116. The number of ether oxygens (including phenoxy) is 3. The van der Waals surface area contributed by atoms with Crippen LogP contribution in [0.15, 0.2) is 194 Å². The molecule has 0 bridgehead atoms. The fourth-order valence-electron chi connectivity index (χ4n) is 11.6. The Bertz CT molecular complexity index is 2870. The molecule has 5 atom stereocenters. The van der Waals surface area contributed by atoms with E-state index in [2.05, 4.69) is 215 Å². The van der Waals surface area contributed by atoms with Crippen LogP contribution < -0.4 is 0 Å². The van der Waals surface area contributed by atoms with Crippen molar-refractivity contribution >= 4 is 33.6 Å². The van der Waals surface area contributed by atoms with Gasteiger partial charge in [-0.3, -0.25) is 32.5 Å². The molecule has 0 spiro atoms. The number of phosphoric ester groups is 2. The Morgan fingerprint density at radius 3 is 0.687 bits per heavy atom. The topological polar surface area (TPSA) is 231 Å². The monoisotopic (exact) mass is 1640 g/mol. The van der Waals surface area contributed by atoms with E-state index in [1.165, 1.54) is 70.6 Å². The van der Waals surface area contributed by atoms with Crippen LogP contribution in [-0.4, -0.2) is 95.9 Å². The molecule has 0 amide bonds. The largest absolute Gasteiger partial charge is 0.472 e. The lowest BCUT2D eigenvalue weighted by molar-refractivity contribution is -0.161. The zero-order valence-corrected chi connectivity index (χ0v) is 73.7. The minimum absolute atomic E-state index is 0.0844. The van der Waals surface area contributed by atoms with E-state index in [9.17, 15) is 43.5 Å². The lowest BCUT2D eigenvalue weighted by atomic mass is 10.0. The Kier molecular flexibility index (Phi) is 83.4. The van der Waals surface area contributed by atoms with Gasteiger partial charge in [-0.15, -0.1) is 0 Å². The molecule has 0 saturated carbocycles. The molecule has 18 heteroatoms. The van der Waals surface area contributed by atoms with Gasteiger partial charge in [0.25, 0.3) is 0 Å². The van der Waals surface area contributed by atoms with Gasteiger partial charge in [-0.25, -0.2) is 9.13 Å². The zero-order chi connectivity index (χ0) is 83.6. The van der Waals surface area contributed by atoms with Crippen molar-refractivity contribution < 1.29 is 75.8 Å². The first-order chi connectivity index (χ1) is 56.2. The van der Waals surface area contributed by atoms with E-state index in [4.69, 9.17) is 32.3 Å². The van der Waals surface area contributed by atoms with Crippen LogP contribution in [0.2, 0.25) is 0 Å². The van der Waals surface area contributed by atoms with Crippen LogP contribution in [0, 0.1) is 0 Å². The van der Waals surface area contributed by atoms with Crippen molar-refractivity contribution in [3.8, 4) is 0 Å². The van der Waals surface area contributed by atoms with Crippen molar-refractivity contribution in [2.45, 2.75) is 360 Å². The van der Waals surface area contributed by atoms with Crippen LogP contribution in [-0.2, 0) is 55.8 Å². The average Bonchev–Trinajstić information content (AvgIpc) is 0.906. The van der Waals surface area contributed by atoms with Crippen molar-refractivity contribution in [3.05, 3.63) is 194 Å². The molecule has 0 aromatic heterocycles. The fourth-order valence-corrected chi connectivity index (χ4v) is 13.2. The number of esters is 3. The van der Waals surface area contributed by atoms with E-state index in [1.807, 2.05) is 0 Å². The van der Waals surface area contributed by atoms with Gasteiger partial charge in [0.2, 0.25) is 0 Å². The zero-order valence-electron chi connectivity index (χ0n) is 71.9. The Morgan fingerprint density at radius 1 is 0.243 bits per heavy atom. The van der Waals surface area contributed by atoms with E-state index in [1.54, 1.807) is 0 Å². The molecule has 16 nitrogen and oxygen atoms in total. The van der Waals surface area contributed by atoms with E-state index < -0.39 is 91.5 Å². The molecular weight excluding hydrogens is 1480 g/mol. The van der Waals surface area contributed by atoms with Gasteiger partial charge in [0.15, 0.2) is 6.10 Å². The summed E-state index contributed by atoms with van der Waals surface area (Å²) in [6, 6.07) is 0. The highest BCUT2D eigenvalue weighted by Crippen LogP contribution is 2.45. The van der Waals surface area contributed by atoms with Gasteiger partial charge in [0, 0.05) is 19.3 Å². The van der Waals surface area contributed by atoms with Gasteiger partial charge < -0.3 is 34.2 Å². The maximum absolute atomic E-state index is 13.1. The SMILES string of the molecule is CC/C=C\C/C=C\C/C=C\C/C=C\C/C=C\C/C=C\CCCCCCCCCCCCC(=O)OCC(O)COP(=O)(O)OCC(O)COP(=O)(O)OCC(COC(=O)CCCCCCCCCCCCC/C=C\C/C=C\C/C=C\C/C=C\C/C=C\CC)OC(=O)CCCCCCCCC/C=C\C/C=C\C/C=C\C/C=C\C/C=C\CC. The molecule has 0 aliphatic rings. The Hall–Kier alpha value is -5.61. The lowest BCUT2D eigenvalue weighted by Crippen LogP contribution is -2.30. The number of carbonyl (C=O) groups is 3. The van der Waals surface area contributed by atoms with Crippen LogP contribution in [0.3, 0.4) is 0 Å². The predicted molar refractivity (Wildman–Crippen MR) is 481 cm³/mol. The minimum Gasteiger partial charge on any atom is -0.463 e. The van der Waals surface area contributed by atoms with E-state index in [0.717, 1.165) is 212 Å². The minimum atomic E-state index is -4.95. The highest BCUT2D eigenvalue weighted by atomic mass is 31.2. The number of phosphoric acid groups is 2. The highest BCUT2D eigenvalue weighted by molar-refractivity contribution is 7.47. The maximum atomic E-state index is 13.1. The maximum Gasteiger partial charge on any atom is 0.472 e. The number of carbonyl (C=O) groups excluding carboxylic acids is 3. The molecule has 0 fully saturated rings.